The SMILES string of the molecule is Cc1ccccc1C(=O)N1CCC(C(=O)NC(c2ccc(Cl)cc2)C(C)C)CC1. The van der Waals surface area contributed by atoms with Crippen LogP contribution in [0.2, 0.25) is 5.02 Å². The summed E-state index contributed by atoms with van der Waals surface area (Å²) < 4.78 is 0. The quantitative estimate of drug-likeness (QED) is 0.750. The van der Waals surface area contributed by atoms with Gasteiger partial charge in [-0.1, -0.05) is 55.8 Å². The number of amides is 2. The minimum absolute atomic E-state index is 0.0496. The van der Waals surface area contributed by atoms with E-state index in [2.05, 4.69) is 19.2 Å². The Morgan fingerprint density at radius 3 is 2.24 bits per heavy atom. The van der Waals surface area contributed by atoms with Gasteiger partial charge in [-0.15, -0.1) is 0 Å². The van der Waals surface area contributed by atoms with Gasteiger partial charge in [0.25, 0.3) is 5.91 Å². The molecule has 5 heteroatoms. The predicted molar refractivity (Wildman–Crippen MR) is 117 cm³/mol. The van der Waals surface area contributed by atoms with Gasteiger partial charge < -0.3 is 10.2 Å². The van der Waals surface area contributed by atoms with Crippen LogP contribution in [0, 0.1) is 18.8 Å². The van der Waals surface area contributed by atoms with Crippen LogP contribution in [0.25, 0.3) is 0 Å². The van der Waals surface area contributed by atoms with Gasteiger partial charge in [-0.3, -0.25) is 9.59 Å². The van der Waals surface area contributed by atoms with E-state index >= 15 is 0 Å². The van der Waals surface area contributed by atoms with Crippen LogP contribution in [0.3, 0.4) is 0 Å². The largest absolute Gasteiger partial charge is 0.349 e. The average Bonchev–Trinajstić information content (AvgIpc) is 2.72. The van der Waals surface area contributed by atoms with Crippen molar-refractivity contribution in [2.24, 2.45) is 11.8 Å². The number of nitrogens with one attached hydrogen (secondary N) is 1. The van der Waals surface area contributed by atoms with E-state index in [1.54, 1.807) is 0 Å². The van der Waals surface area contributed by atoms with E-state index in [1.165, 1.54) is 0 Å². The van der Waals surface area contributed by atoms with Crippen molar-refractivity contribution in [3.8, 4) is 0 Å². The second kappa shape index (κ2) is 9.45. The van der Waals surface area contributed by atoms with Crippen LogP contribution in [-0.4, -0.2) is 29.8 Å². The maximum Gasteiger partial charge on any atom is 0.254 e. The minimum atomic E-state index is -0.0653. The zero-order chi connectivity index (χ0) is 21.0. The maximum atomic E-state index is 12.9. The number of carbonyl (C=O) groups is 2. The third-order valence-electron chi connectivity index (χ3n) is 5.72. The van der Waals surface area contributed by atoms with Gasteiger partial charge in [0.1, 0.15) is 0 Å². The molecule has 0 radical (unpaired) electrons. The first-order chi connectivity index (χ1) is 13.9. The highest BCUT2D eigenvalue weighted by Gasteiger charge is 2.30. The standard InChI is InChI=1S/C24H29ClN2O2/c1-16(2)22(18-8-10-20(25)11-9-18)26-23(28)19-12-14-27(15-13-19)24(29)21-7-5-4-6-17(21)3/h4-11,16,19,22H,12-15H2,1-3H3,(H,26,28). The molecule has 1 fully saturated rings. The van der Waals surface area contributed by atoms with Gasteiger partial charge in [-0.2, -0.15) is 0 Å². The summed E-state index contributed by atoms with van der Waals surface area (Å²) in [5.41, 5.74) is 2.79. The zero-order valence-electron chi connectivity index (χ0n) is 17.3. The number of piperidine rings is 1. The van der Waals surface area contributed by atoms with E-state index in [-0.39, 0.29) is 29.7 Å². The van der Waals surface area contributed by atoms with Gasteiger partial charge in [0.2, 0.25) is 5.91 Å². The monoisotopic (exact) mass is 412 g/mol. The Hall–Kier alpha value is -2.33. The molecule has 0 saturated carbocycles. The normalized spacial score (nSPS) is 16.0. The molecule has 1 aliphatic rings. The summed E-state index contributed by atoms with van der Waals surface area (Å²) in [6.45, 7) is 7.37. The number of hydrogen-bond acceptors (Lipinski definition) is 2. The molecule has 1 heterocycles. The molecule has 2 aromatic rings. The van der Waals surface area contributed by atoms with E-state index in [9.17, 15) is 9.59 Å². The average molecular weight is 413 g/mol. The summed E-state index contributed by atoms with van der Waals surface area (Å²) in [6, 6.07) is 15.3. The highest BCUT2D eigenvalue weighted by Crippen LogP contribution is 2.26. The van der Waals surface area contributed by atoms with Gasteiger partial charge in [-0.25, -0.2) is 0 Å². The minimum Gasteiger partial charge on any atom is -0.349 e. The summed E-state index contributed by atoms with van der Waals surface area (Å²) >= 11 is 6.00. The first kappa shape index (κ1) is 21.4. The van der Waals surface area contributed by atoms with Crippen LogP contribution in [0.4, 0.5) is 0 Å². The van der Waals surface area contributed by atoms with Crippen molar-refractivity contribution >= 4 is 23.4 Å². The molecule has 1 aliphatic heterocycles. The molecule has 2 amide bonds. The number of aryl methyl sites for hydroxylation is 1. The Morgan fingerprint density at radius 2 is 1.66 bits per heavy atom. The molecule has 29 heavy (non-hydrogen) atoms. The van der Waals surface area contributed by atoms with Crippen LogP contribution >= 0.6 is 11.6 Å². The summed E-state index contributed by atoms with van der Waals surface area (Å²) in [7, 11) is 0. The number of hydrogen-bond donors (Lipinski definition) is 1. The topological polar surface area (TPSA) is 49.4 Å². The number of halogens is 1. The zero-order valence-corrected chi connectivity index (χ0v) is 18.1. The highest BCUT2D eigenvalue weighted by atomic mass is 35.5. The Bertz CT molecular complexity index is 855. The molecule has 154 valence electrons. The lowest BCUT2D eigenvalue weighted by Gasteiger charge is -2.33. The molecule has 1 atom stereocenters. The van der Waals surface area contributed by atoms with E-state index in [1.807, 2.05) is 60.4 Å². The lowest BCUT2D eigenvalue weighted by Crippen LogP contribution is -2.44. The Morgan fingerprint density at radius 1 is 1.03 bits per heavy atom. The highest BCUT2D eigenvalue weighted by molar-refractivity contribution is 6.30. The molecular formula is C24H29ClN2O2. The van der Waals surface area contributed by atoms with Gasteiger partial charge in [-0.05, 0) is 55.0 Å². The number of benzene rings is 2. The van der Waals surface area contributed by atoms with Crippen LogP contribution in [0.1, 0.15) is 54.2 Å². The molecule has 0 spiro atoms. The summed E-state index contributed by atoms with van der Waals surface area (Å²) in [4.78, 5) is 27.6. The Balaban J connectivity index is 1.60. The molecule has 4 nitrogen and oxygen atoms in total. The van der Waals surface area contributed by atoms with E-state index < -0.39 is 0 Å². The molecule has 0 bridgehead atoms. The lowest BCUT2D eigenvalue weighted by atomic mass is 9.92. The van der Waals surface area contributed by atoms with Crippen molar-refractivity contribution < 1.29 is 9.59 Å². The molecule has 2 aromatic carbocycles. The smallest absolute Gasteiger partial charge is 0.254 e. The fraction of sp³-hybridized carbons (Fsp3) is 0.417. The van der Waals surface area contributed by atoms with Crippen LogP contribution in [0.15, 0.2) is 48.5 Å². The maximum absolute atomic E-state index is 12.9. The third-order valence-corrected chi connectivity index (χ3v) is 5.97. The number of carbonyl (C=O) groups excluding carboxylic acids is 2. The Kier molecular flexibility index (Phi) is 6.96. The molecule has 1 N–H and O–H groups in total. The summed E-state index contributed by atoms with van der Waals surface area (Å²) in [6.07, 6.45) is 1.38. The lowest BCUT2D eigenvalue weighted by molar-refractivity contribution is -0.127. The molecular weight excluding hydrogens is 384 g/mol. The first-order valence-corrected chi connectivity index (χ1v) is 10.7. The molecule has 1 unspecified atom stereocenters. The Labute approximate surface area is 178 Å². The van der Waals surface area contributed by atoms with Gasteiger partial charge in [0.15, 0.2) is 0 Å². The van der Waals surface area contributed by atoms with Gasteiger partial charge in [0.05, 0.1) is 6.04 Å². The fourth-order valence-electron chi connectivity index (χ4n) is 3.90. The van der Waals surface area contributed by atoms with E-state index in [4.69, 9.17) is 11.6 Å². The predicted octanol–water partition coefficient (Wildman–Crippen LogP) is 5.01. The van der Waals surface area contributed by atoms with Gasteiger partial charge in [0, 0.05) is 29.6 Å². The van der Waals surface area contributed by atoms with Crippen molar-refractivity contribution in [2.45, 2.75) is 39.7 Å². The van der Waals surface area contributed by atoms with E-state index in [0.717, 1.165) is 16.7 Å². The van der Waals surface area contributed by atoms with Crippen molar-refractivity contribution in [3.05, 3.63) is 70.2 Å². The van der Waals surface area contributed by atoms with E-state index in [0.29, 0.717) is 31.0 Å². The summed E-state index contributed by atoms with van der Waals surface area (Å²) in [5.74, 6) is 0.331. The van der Waals surface area contributed by atoms with Crippen molar-refractivity contribution in [3.63, 3.8) is 0 Å². The summed E-state index contributed by atoms with van der Waals surface area (Å²) in [5, 5.41) is 3.91. The van der Waals surface area contributed by atoms with Crippen LogP contribution in [0.5, 0.6) is 0 Å². The van der Waals surface area contributed by atoms with Gasteiger partial charge >= 0.3 is 0 Å². The van der Waals surface area contributed by atoms with Crippen LogP contribution < -0.4 is 5.32 Å². The third kappa shape index (κ3) is 5.18. The second-order valence-corrected chi connectivity index (χ2v) is 8.60. The number of nitrogens with zero attached hydrogens (tertiary/aromatic N) is 1. The van der Waals surface area contributed by atoms with Crippen molar-refractivity contribution in [2.75, 3.05) is 13.1 Å². The molecule has 0 aromatic heterocycles. The molecule has 3 rings (SSSR count). The second-order valence-electron chi connectivity index (χ2n) is 8.16. The molecule has 1 saturated heterocycles. The number of rotatable bonds is 5. The fourth-order valence-corrected chi connectivity index (χ4v) is 4.03. The van der Waals surface area contributed by atoms with Crippen LogP contribution in [-0.2, 0) is 4.79 Å². The van der Waals surface area contributed by atoms with Crippen molar-refractivity contribution in [1.29, 1.82) is 0 Å². The van der Waals surface area contributed by atoms with Crippen molar-refractivity contribution in [1.82, 2.24) is 10.2 Å². The first-order valence-electron chi connectivity index (χ1n) is 10.3. The molecule has 0 aliphatic carbocycles. The number of likely N-dealkylation sites (tertiary alicyclic amines) is 1.